The lowest BCUT2D eigenvalue weighted by molar-refractivity contribution is 0.174. The van der Waals surface area contributed by atoms with Crippen molar-refractivity contribution in [1.29, 1.82) is 0 Å². The van der Waals surface area contributed by atoms with E-state index in [0.717, 1.165) is 5.56 Å². The van der Waals surface area contributed by atoms with Crippen molar-refractivity contribution in [3.8, 4) is 22.6 Å². The minimum atomic E-state index is -0.102. The largest absolute Gasteiger partial charge is 0.454 e. The minimum absolute atomic E-state index is 0.102. The fraction of sp³-hybridized carbons (Fsp3) is 0.0667. The van der Waals surface area contributed by atoms with Gasteiger partial charge in [0.1, 0.15) is 5.65 Å². The molecule has 3 aromatic rings. The molecule has 1 aromatic carbocycles. The summed E-state index contributed by atoms with van der Waals surface area (Å²) in [6, 6.07) is 10.9. The molecule has 1 aliphatic rings. The van der Waals surface area contributed by atoms with Crippen LogP contribution < -0.4 is 15.0 Å². The molecular weight excluding hydrogens is 256 g/mol. The molecule has 1 aliphatic heterocycles. The van der Waals surface area contributed by atoms with E-state index in [2.05, 4.69) is 4.98 Å². The second-order valence-corrected chi connectivity index (χ2v) is 4.47. The van der Waals surface area contributed by atoms with Crippen LogP contribution in [0.1, 0.15) is 0 Å². The first-order valence-electron chi connectivity index (χ1n) is 6.19. The number of hydrogen-bond acceptors (Lipinski definition) is 4. The Hall–Kier alpha value is -2.82. The SMILES string of the molecule is O=c1c(-c2ccc3c(c2)OCO3)cnc2ccccn12. The zero-order chi connectivity index (χ0) is 13.5. The molecule has 0 radical (unpaired) electrons. The molecule has 0 saturated heterocycles. The third kappa shape index (κ3) is 1.56. The summed E-state index contributed by atoms with van der Waals surface area (Å²) >= 11 is 0. The maximum absolute atomic E-state index is 12.5. The lowest BCUT2D eigenvalue weighted by Crippen LogP contribution is -2.16. The molecule has 0 atom stereocenters. The molecule has 0 fully saturated rings. The molecule has 0 unspecified atom stereocenters. The highest BCUT2D eigenvalue weighted by Crippen LogP contribution is 2.34. The predicted molar refractivity (Wildman–Crippen MR) is 73.0 cm³/mol. The molecule has 20 heavy (non-hydrogen) atoms. The lowest BCUT2D eigenvalue weighted by atomic mass is 10.1. The Balaban J connectivity index is 1.94. The number of fused-ring (bicyclic) bond motifs is 2. The van der Waals surface area contributed by atoms with Crippen LogP contribution in [0.5, 0.6) is 11.5 Å². The Morgan fingerprint density at radius 1 is 1.10 bits per heavy atom. The van der Waals surface area contributed by atoms with Crippen LogP contribution in [0.4, 0.5) is 0 Å². The van der Waals surface area contributed by atoms with Gasteiger partial charge in [0.05, 0.1) is 5.56 Å². The first-order chi connectivity index (χ1) is 9.83. The molecule has 0 bridgehead atoms. The Morgan fingerprint density at radius 3 is 2.95 bits per heavy atom. The van der Waals surface area contributed by atoms with Gasteiger partial charge in [-0.05, 0) is 29.8 Å². The van der Waals surface area contributed by atoms with E-state index in [0.29, 0.717) is 22.7 Å². The first-order valence-corrected chi connectivity index (χ1v) is 6.19. The molecule has 0 amide bonds. The van der Waals surface area contributed by atoms with E-state index in [1.807, 2.05) is 12.1 Å². The van der Waals surface area contributed by atoms with Crippen molar-refractivity contribution in [2.45, 2.75) is 0 Å². The van der Waals surface area contributed by atoms with E-state index in [-0.39, 0.29) is 12.4 Å². The molecule has 5 nitrogen and oxygen atoms in total. The van der Waals surface area contributed by atoms with Gasteiger partial charge in [-0.1, -0.05) is 12.1 Å². The van der Waals surface area contributed by atoms with E-state index >= 15 is 0 Å². The third-order valence-electron chi connectivity index (χ3n) is 3.30. The number of ether oxygens (including phenoxy) is 2. The van der Waals surface area contributed by atoms with Crippen LogP contribution in [-0.4, -0.2) is 16.2 Å². The summed E-state index contributed by atoms with van der Waals surface area (Å²) in [6.07, 6.45) is 3.30. The third-order valence-corrected chi connectivity index (χ3v) is 3.30. The van der Waals surface area contributed by atoms with Crippen LogP contribution >= 0.6 is 0 Å². The van der Waals surface area contributed by atoms with Crippen molar-refractivity contribution in [3.05, 3.63) is 59.1 Å². The van der Waals surface area contributed by atoms with Gasteiger partial charge in [-0.2, -0.15) is 0 Å². The summed E-state index contributed by atoms with van der Waals surface area (Å²) in [6.45, 7) is 0.216. The van der Waals surface area contributed by atoms with Crippen molar-refractivity contribution in [1.82, 2.24) is 9.38 Å². The van der Waals surface area contributed by atoms with Crippen LogP contribution in [0, 0.1) is 0 Å². The Morgan fingerprint density at radius 2 is 2.00 bits per heavy atom. The smallest absolute Gasteiger partial charge is 0.265 e. The van der Waals surface area contributed by atoms with Crippen LogP contribution in [0.2, 0.25) is 0 Å². The highest BCUT2D eigenvalue weighted by molar-refractivity contribution is 5.67. The van der Waals surface area contributed by atoms with Crippen LogP contribution in [0.3, 0.4) is 0 Å². The van der Waals surface area contributed by atoms with Crippen molar-refractivity contribution >= 4 is 5.65 Å². The summed E-state index contributed by atoms with van der Waals surface area (Å²) in [4.78, 5) is 16.8. The topological polar surface area (TPSA) is 52.8 Å². The van der Waals surface area contributed by atoms with Gasteiger partial charge in [-0.25, -0.2) is 4.98 Å². The molecule has 2 aromatic heterocycles. The molecule has 98 valence electrons. The second-order valence-electron chi connectivity index (χ2n) is 4.47. The average Bonchev–Trinajstić information content (AvgIpc) is 2.95. The van der Waals surface area contributed by atoms with Crippen LogP contribution in [0.25, 0.3) is 16.8 Å². The van der Waals surface area contributed by atoms with E-state index in [1.165, 1.54) is 4.40 Å². The zero-order valence-electron chi connectivity index (χ0n) is 10.4. The molecule has 5 heteroatoms. The quantitative estimate of drug-likeness (QED) is 0.676. The molecule has 0 saturated carbocycles. The highest BCUT2D eigenvalue weighted by Gasteiger charge is 2.15. The maximum Gasteiger partial charge on any atom is 0.265 e. The molecule has 4 rings (SSSR count). The van der Waals surface area contributed by atoms with E-state index in [1.54, 1.807) is 36.7 Å². The predicted octanol–water partition coefficient (Wildman–Crippen LogP) is 2.09. The van der Waals surface area contributed by atoms with Gasteiger partial charge < -0.3 is 9.47 Å². The van der Waals surface area contributed by atoms with E-state index in [9.17, 15) is 4.79 Å². The van der Waals surface area contributed by atoms with Crippen molar-refractivity contribution in [2.75, 3.05) is 6.79 Å². The summed E-state index contributed by atoms with van der Waals surface area (Å²) in [7, 11) is 0. The van der Waals surface area contributed by atoms with Gasteiger partial charge in [-0.15, -0.1) is 0 Å². The second kappa shape index (κ2) is 4.09. The van der Waals surface area contributed by atoms with Gasteiger partial charge in [0, 0.05) is 12.4 Å². The molecular formula is C15H10N2O3. The fourth-order valence-electron chi connectivity index (χ4n) is 2.29. The van der Waals surface area contributed by atoms with Gasteiger partial charge in [0.15, 0.2) is 11.5 Å². The first kappa shape index (κ1) is 11.0. The maximum atomic E-state index is 12.5. The van der Waals surface area contributed by atoms with Crippen molar-refractivity contribution in [2.24, 2.45) is 0 Å². The van der Waals surface area contributed by atoms with E-state index in [4.69, 9.17) is 9.47 Å². The number of nitrogens with zero attached hydrogens (tertiary/aromatic N) is 2. The average molecular weight is 266 g/mol. The number of hydrogen-bond donors (Lipinski definition) is 0. The van der Waals surface area contributed by atoms with Crippen LogP contribution in [-0.2, 0) is 0 Å². The van der Waals surface area contributed by atoms with Gasteiger partial charge >= 0.3 is 0 Å². The summed E-state index contributed by atoms with van der Waals surface area (Å²) in [5.74, 6) is 1.35. The lowest BCUT2D eigenvalue weighted by Gasteiger charge is -2.05. The standard InChI is InChI=1S/C15H10N2O3/c18-15-11(8-16-14-3-1-2-6-17(14)15)10-4-5-12-13(7-10)20-9-19-12/h1-8H,9H2. The number of aromatic nitrogens is 2. The number of pyridine rings is 1. The zero-order valence-corrected chi connectivity index (χ0v) is 10.4. The Kier molecular flexibility index (Phi) is 2.26. The highest BCUT2D eigenvalue weighted by atomic mass is 16.7. The summed E-state index contributed by atoms with van der Waals surface area (Å²) < 4.78 is 12.1. The fourth-order valence-corrected chi connectivity index (χ4v) is 2.29. The molecule has 3 heterocycles. The van der Waals surface area contributed by atoms with Crippen LogP contribution in [0.15, 0.2) is 53.6 Å². The number of benzene rings is 1. The molecule has 0 aliphatic carbocycles. The molecule has 0 spiro atoms. The van der Waals surface area contributed by atoms with E-state index < -0.39 is 0 Å². The summed E-state index contributed by atoms with van der Waals surface area (Å²) in [5.41, 5.74) is 1.83. The molecule has 0 N–H and O–H groups in total. The Bertz CT molecular complexity index is 870. The normalized spacial score (nSPS) is 12.8. The van der Waals surface area contributed by atoms with Crippen molar-refractivity contribution < 1.29 is 9.47 Å². The van der Waals surface area contributed by atoms with Gasteiger partial charge in [0.25, 0.3) is 5.56 Å². The summed E-state index contributed by atoms with van der Waals surface area (Å²) in [5, 5.41) is 0. The number of rotatable bonds is 1. The minimum Gasteiger partial charge on any atom is -0.454 e. The monoisotopic (exact) mass is 266 g/mol. The Labute approximate surface area is 114 Å². The van der Waals surface area contributed by atoms with Gasteiger partial charge in [0.2, 0.25) is 6.79 Å². The van der Waals surface area contributed by atoms with Gasteiger partial charge in [-0.3, -0.25) is 9.20 Å². The van der Waals surface area contributed by atoms with Crippen molar-refractivity contribution in [3.63, 3.8) is 0 Å².